The number of carbonyl (C=O) groups is 1. The van der Waals surface area contributed by atoms with Gasteiger partial charge in [-0.05, 0) is 88.7 Å². The van der Waals surface area contributed by atoms with Gasteiger partial charge >= 0.3 is 5.97 Å². The van der Waals surface area contributed by atoms with Crippen LogP contribution in [-0.4, -0.2) is 45.7 Å². The summed E-state index contributed by atoms with van der Waals surface area (Å²) in [7, 11) is 1.78. The molecule has 7 nitrogen and oxygen atoms in total. The third kappa shape index (κ3) is 6.56. The third-order valence-corrected chi connectivity index (χ3v) is 7.01. The lowest BCUT2D eigenvalue weighted by atomic mass is 10.1. The lowest BCUT2D eigenvalue weighted by Crippen LogP contribution is -2.33. The van der Waals surface area contributed by atoms with Crippen molar-refractivity contribution in [2.24, 2.45) is 7.05 Å². The number of esters is 1. The lowest BCUT2D eigenvalue weighted by Gasteiger charge is -2.26. The second-order valence-corrected chi connectivity index (χ2v) is 11.2. The summed E-state index contributed by atoms with van der Waals surface area (Å²) in [6, 6.07) is 10.7. The summed E-state index contributed by atoms with van der Waals surface area (Å²) in [5, 5.41) is 1.05. The minimum absolute atomic E-state index is 0.0925. The number of benzene rings is 2. The predicted octanol–water partition coefficient (Wildman–Crippen LogP) is 5.17. The lowest BCUT2D eigenvalue weighted by molar-refractivity contribution is 0.00695. The van der Waals surface area contributed by atoms with Crippen LogP contribution in [0.3, 0.4) is 0 Å². The molecule has 1 aliphatic rings. The van der Waals surface area contributed by atoms with Crippen molar-refractivity contribution in [1.82, 2.24) is 14.5 Å². The van der Waals surface area contributed by atoms with Crippen LogP contribution in [0, 0.1) is 12.3 Å². The Morgan fingerprint density at radius 2 is 1.84 bits per heavy atom. The molecular formula is C30H35ClN4O3. The average Bonchev–Trinajstić information content (AvgIpc) is 2.87. The van der Waals surface area contributed by atoms with Gasteiger partial charge in [-0.1, -0.05) is 23.9 Å². The van der Waals surface area contributed by atoms with Crippen molar-refractivity contribution in [1.29, 1.82) is 0 Å². The van der Waals surface area contributed by atoms with Gasteiger partial charge in [-0.15, -0.1) is 6.42 Å². The minimum Gasteiger partial charge on any atom is -0.456 e. The van der Waals surface area contributed by atoms with Crippen LogP contribution < -0.4 is 10.5 Å². The number of hydrogen-bond donors (Lipinski definition) is 0. The first-order valence-corrected chi connectivity index (χ1v) is 13.4. The molecule has 2 aromatic carbocycles. The van der Waals surface area contributed by atoms with E-state index in [0.717, 1.165) is 30.2 Å². The highest BCUT2D eigenvalue weighted by atomic mass is 35.5. The van der Waals surface area contributed by atoms with Crippen molar-refractivity contribution in [2.75, 3.05) is 24.5 Å². The molecule has 2 heterocycles. The average molecular weight is 535 g/mol. The summed E-state index contributed by atoms with van der Waals surface area (Å²) in [6.45, 7) is 8.92. The minimum atomic E-state index is -0.571. The molecule has 1 aromatic heterocycles. The fourth-order valence-electron chi connectivity index (χ4n) is 4.66. The largest absolute Gasteiger partial charge is 0.456 e. The van der Waals surface area contributed by atoms with E-state index in [4.69, 9.17) is 27.7 Å². The Hall–Kier alpha value is -3.34. The van der Waals surface area contributed by atoms with Crippen molar-refractivity contribution in [3.63, 3.8) is 0 Å². The van der Waals surface area contributed by atoms with Crippen LogP contribution in [0.25, 0.3) is 10.9 Å². The zero-order valence-corrected chi connectivity index (χ0v) is 23.3. The Bertz CT molecular complexity index is 1410. The molecule has 0 N–H and O–H groups in total. The van der Waals surface area contributed by atoms with Gasteiger partial charge in [0, 0.05) is 24.3 Å². The van der Waals surface area contributed by atoms with Gasteiger partial charge in [-0.2, -0.15) is 0 Å². The molecular weight excluding hydrogens is 500 g/mol. The Balaban J connectivity index is 1.60. The normalized spacial score (nSPS) is 14.3. The van der Waals surface area contributed by atoms with E-state index in [2.05, 4.69) is 10.8 Å². The number of aromatic nitrogens is 2. The van der Waals surface area contributed by atoms with E-state index in [0.29, 0.717) is 41.1 Å². The highest BCUT2D eigenvalue weighted by Crippen LogP contribution is 2.26. The summed E-state index contributed by atoms with van der Waals surface area (Å²) < 4.78 is 7.10. The molecule has 0 aliphatic carbocycles. The topological polar surface area (TPSA) is 67.7 Å². The maximum atomic E-state index is 13.3. The SMILES string of the molecule is C#CCN(Cc1cc2c(=O)n(C)c(CN3CCCCC3)nc2cc1Cl)c1ccc(C(=O)OC(C)(C)C)cc1. The molecule has 1 saturated heterocycles. The number of hydrogen-bond acceptors (Lipinski definition) is 6. The Kier molecular flexibility index (Phi) is 8.44. The van der Waals surface area contributed by atoms with Crippen molar-refractivity contribution in [3.8, 4) is 12.3 Å². The summed E-state index contributed by atoms with van der Waals surface area (Å²) in [5.41, 5.74) is 1.99. The van der Waals surface area contributed by atoms with E-state index in [9.17, 15) is 9.59 Å². The smallest absolute Gasteiger partial charge is 0.338 e. The molecule has 0 saturated carbocycles. The van der Waals surface area contributed by atoms with Gasteiger partial charge in [-0.25, -0.2) is 9.78 Å². The second-order valence-electron chi connectivity index (χ2n) is 10.8. The van der Waals surface area contributed by atoms with Crippen LogP contribution in [-0.2, 0) is 24.9 Å². The van der Waals surface area contributed by atoms with Crippen LogP contribution in [0.4, 0.5) is 5.69 Å². The fourth-order valence-corrected chi connectivity index (χ4v) is 4.88. The van der Waals surface area contributed by atoms with E-state index in [1.54, 1.807) is 29.8 Å². The molecule has 38 heavy (non-hydrogen) atoms. The quantitative estimate of drug-likeness (QED) is 0.308. The maximum Gasteiger partial charge on any atom is 0.338 e. The molecule has 1 aliphatic heterocycles. The number of nitrogens with zero attached hydrogens (tertiary/aromatic N) is 4. The first-order chi connectivity index (χ1) is 18.1. The van der Waals surface area contributed by atoms with Crippen molar-refractivity contribution in [2.45, 2.75) is 58.7 Å². The zero-order chi connectivity index (χ0) is 27.4. The number of piperidine rings is 1. The monoisotopic (exact) mass is 534 g/mol. The number of terminal acetylenes is 1. The number of ether oxygens (including phenoxy) is 1. The summed E-state index contributed by atoms with van der Waals surface area (Å²) in [4.78, 5) is 34.8. The van der Waals surface area contributed by atoms with Gasteiger partial charge in [0.25, 0.3) is 5.56 Å². The standard InChI is InChI=1S/C30H35ClN4O3/c1-6-14-35(23-12-10-21(11-13-23)29(37)38-30(2,3)4)19-22-17-24-26(18-25(22)31)32-27(33(5)28(24)36)20-34-15-8-7-9-16-34/h1,10-13,17-18H,7-9,14-16,19-20H2,2-5H3. The van der Waals surface area contributed by atoms with Gasteiger partial charge < -0.3 is 9.64 Å². The molecule has 4 rings (SSSR count). The number of carbonyl (C=O) groups excluding carboxylic acids is 1. The number of rotatable bonds is 7. The zero-order valence-electron chi connectivity index (χ0n) is 22.6. The Morgan fingerprint density at radius 3 is 2.47 bits per heavy atom. The predicted molar refractivity (Wildman–Crippen MR) is 153 cm³/mol. The van der Waals surface area contributed by atoms with Gasteiger partial charge in [0.05, 0.1) is 29.6 Å². The van der Waals surface area contributed by atoms with Crippen molar-refractivity contribution in [3.05, 3.63) is 68.7 Å². The number of halogens is 1. The van der Waals surface area contributed by atoms with Gasteiger partial charge in [0.2, 0.25) is 0 Å². The van der Waals surface area contributed by atoms with E-state index < -0.39 is 5.60 Å². The summed E-state index contributed by atoms with van der Waals surface area (Å²) in [5.74, 6) is 3.05. The second kappa shape index (κ2) is 11.6. The maximum absolute atomic E-state index is 13.3. The molecule has 3 aromatic rings. The fraction of sp³-hybridized carbons (Fsp3) is 0.433. The molecule has 0 amide bonds. The van der Waals surface area contributed by atoms with E-state index >= 15 is 0 Å². The van der Waals surface area contributed by atoms with Crippen molar-refractivity contribution >= 4 is 34.2 Å². The molecule has 0 bridgehead atoms. The number of anilines is 1. The van der Waals surface area contributed by atoms with Gasteiger partial charge in [0.15, 0.2) is 0 Å². The highest BCUT2D eigenvalue weighted by molar-refractivity contribution is 6.32. The summed E-state index contributed by atoms with van der Waals surface area (Å²) in [6.07, 6.45) is 9.27. The van der Waals surface area contributed by atoms with Crippen LogP contribution in [0.5, 0.6) is 0 Å². The first-order valence-electron chi connectivity index (χ1n) is 13.0. The van der Waals surface area contributed by atoms with Crippen LogP contribution in [0.1, 0.15) is 61.8 Å². The van der Waals surface area contributed by atoms with Crippen LogP contribution in [0.15, 0.2) is 41.2 Å². The first kappa shape index (κ1) is 27.7. The van der Waals surface area contributed by atoms with E-state index in [1.807, 2.05) is 43.9 Å². The summed E-state index contributed by atoms with van der Waals surface area (Å²) >= 11 is 6.70. The molecule has 200 valence electrons. The Labute approximate surface area is 229 Å². The number of fused-ring (bicyclic) bond motifs is 1. The van der Waals surface area contributed by atoms with Gasteiger partial charge in [-0.3, -0.25) is 14.3 Å². The van der Waals surface area contributed by atoms with E-state index in [-0.39, 0.29) is 11.5 Å². The van der Waals surface area contributed by atoms with Crippen LogP contribution >= 0.6 is 11.6 Å². The molecule has 8 heteroatoms. The number of likely N-dealkylation sites (tertiary alicyclic amines) is 1. The molecule has 0 atom stereocenters. The van der Waals surface area contributed by atoms with Crippen LogP contribution in [0.2, 0.25) is 5.02 Å². The third-order valence-electron chi connectivity index (χ3n) is 6.66. The van der Waals surface area contributed by atoms with Gasteiger partial charge in [0.1, 0.15) is 11.4 Å². The van der Waals surface area contributed by atoms with Crippen molar-refractivity contribution < 1.29 is 9.53 Å². The molecule has 0 unspecified atom stereocenters. The molecule has 0 radical (unpaired) electrons. The molecule has 1 fully saturated rings. The Morgan fingerprint density at radius 1 is 1.16 bits per heavy atom. The van der Waals surface area contributed by atoms with E-state index in [1.165, 1.54) is 19.3 Å². The molecule has 0 spiro atoms. The highest BCUT2D eigenvalue weighted by Gasteiger charge is 2.19.